The van der Waals surface area contributed by atoms with Gasteiger partial charge in [-0.25, -0.2) is 0 Å². The Labute approximate surface area is 107 Å². The van der Waals surface area contributed by atoms with Gasteiger partial charge in [-0.1, -0.05) is 32.8 Å². The molecule has 0 spiro atoms. The molecule has 1 saturated heterocycles. The Balaban J connectivity index is 0.00000162. The van der Waals surface area contributed by atoms with Crippen LogP contribution in [-0.4, -0.2) is 23.4 Å². The van der Waals surface area contributed by atoms with Crippen LogP contribution in [0.1, 0.15) is 54.8 Å². The zero-order valence-corrected chi connectivity index (χ0v) is 11.6. The average Bonchev–Trinajstić information content (AvgIpc) is 2.31. The number of rotatable bonds is 2. The minimum Gasteiger partial charge on any atom is -0.335 e. The quantitative estimate of drug-likeness (QED) is 0.718. The zero-order valence-electron chi connectivity index (χ0n) is 11.6. The molecule has 0 radical (unpaired) electrons. The average molecular weight is 237 g/mol. The van der Waals surface area contributed by atoms with E-state index >= 15 is 0 Å². The van der Waals surface area contributed by atoms with Crippen LogP contribution in [0.4, 0.5) is 0 Å². The monoisotopic (exact) mass is 237 g/mol. The normalized spacial score (nSPS) is 34.0. The Bertz CT molecular complexity index is 350. The van der Waals surface area contributed by atoms with Crippen molar-refractivity contribution < 1.29 is 6.22 Å². The van der Waals surface area contributed by atoms with Crippen molar-refractivity contribution >= 4 is 5.91 Å². The van der Waals surface area contributed by atoms with Crippen LogP contribution in [0.3, 0.4) is 0 Å². The van der Waals surface area contributed by atoms with Gasteiger partial charge < -0.3 is 4.90 Å². The Morgan fingerprint density at radius 1 is 1.41 bits per heavy atom. The van der Waals surface area contributed by atoms with Gasteiger partial charge in [-0.3, -0.25) is 4.79 Å². The molecule has 0 N–H and O–H groups in total. The van der Waals surface area contributed by atoms with Gasteiger partial charge in [-0.2, -0.15) is 0 Å². The lowest BCUT2D eigenvalue weighted by atomic mass is 9.75. The molecular weight excluding hydrogens is 210 g/mol. The Morgan fingerprint density at radius 3 is 2.76 bits per heavy atom. The van der Waals surface area contributed by atoms with Crippen LogP contribution < -0.4 is 0 Å². The van der Waals surface area contributed by atoms with Gasteiger partial charge in [0.25, 0.3) is 0 Å². The minimum absolute atomic E-state index is 0. The number of carbonyl (C=O) groups excluding carboxylic acids is 1. The number of nitrogens with zero attached hydrogens (tertiary/aromatic N) is 1. The van der Waals surface area contributed by atoms with E-state index in [0.29, 0.717) is 23.8 Å². The lowest BCUT2D eigenvalue weighted by Crippen LogP contribution is -2.54. The number of fused-ring (bicyclic) bond motifs is 1. The summed E-state index contributed by atoms with van der Waals surface area (Å²) in [5, 5.41) is 0. The second kappa shape index (κ2) is 4.83. The van der Waals surface area contributed by atoms with E-state index in [0.717, 1.165) is 25.0 Å². The summed E-state index contributed by atoms with van der Waals surface area (Å²) in [4.78, 5) is 14.7. The molecule has 2 heterocycles. The molecule has 2 heteroatoms. The Morgan fingerprint density at radius 2 is 2.12 bits per heavy atom. The van der Waals surface area contributed by atoms with Crippen molar-refractivity contribution in [1.82, 2.24) is 4.90 Å². The van der Waals surface area contributed by atoms with E-state index in [9.17, 15) is 4.79 Å². The lowest BCUT2D eigenvalue weighted by Gasteiger charge is -2.47. The molecule has 0 aromatic carbocycles. The van der Waals surface area contributed by atoms with Crippen molar-refractivity contribution in [3.63, 3.8) is 0 Å². The summed E-state index contributed by atoms with van der Waals surface area (Å²) in [5.74, 6) is 1.53. The van der Waals surface area contributed by atoms with Gasteiger partial charge in [0, 0.05) is 19.6 Å². The summed E-state index contributed by atoms with van der Waals surface area (Å²) in [7, 11) is 0. The van der Waals surface area contributed by atoms with E-state index in [-0.39, 0.29) is 1.43 Å². The molecule has 2 rings (SSSR count). The number of hydrogen-bond donors (Lipinski definition) is 0. The molecule has 3 unspecified atom stereocenters. The highest BCUT2D eigenvalue weighted by molar-refractivity contribution is 5.95. The number of amides is 1. The van der Waals surface area contributed by atoms with Crippen LogP contribution in [0.2, 0.25) is 0 Å². The molecule has 1 amide bonds. The van der Waals surface area contributed by atoms with Crippen molar-refractivity contribution in [3.8, 4) is 0 Å². The van der Waals surface area contributed by atoms with Gasteiger partial charge in [0.05, 0.1) is 0 Å². The van der Waals surface area contributed by atoms with Crippen LogP contribution in [0, 0.1) is 11.8 Å². The molecule has 2 nitrogen and oxygen atoms in total. The third-order valence-corrected chi connectivity index (χ3v) is 4.69. The van der Waals surface area contributed by atoms with Gasteiger partial charge in [0.15, 0.2) is 0 Å². The third-order valence-electron chi connectivity index (χ3n) is 4.69. The fourth-order valence-corrected chi connectivity index (χ4v) is 3.64. The third kappa shape index (κ3) is 2.02. The summed E-state index contributed by atoms with van der Waals surface area (Å²) in [6, 6.07) is 0.455. The van der Waals surface area contributed by atoms with Gasteiger partial charge in [-0.05, 0) is 38.0 Å². The molecule has 1 fully saturated rings. The van der Waals surface area contributed by atoms with Gasteiger partial charge >= 0.3 is 0 Å². The van der Waals surface area contributed by atoms with Crippen LogP contribution in [-0.2, 0) is 4.79 Å². The van der Waals surface area contributed by atoms with Crippen molar-refractivity contribution in [2.24, 2.45) is 11.8 Å². The highest BCUT2D eigenvalue weighted by Crippen LogP contribution is 2.38. The highest BCUT2D eigenvalue weighted by atomic mass is 16.2. The van der Waals surface area contributed by atoms with Crippen LogP contribution in [0.25, 0.3) is 0 Å². The number of carbonyl (C=O) groups is 1. The van der Waals surface area contributed by atoms with E-state index < -0.39 is 0 Å². The van der Waals surface area contributed by atoms with Crippen molar-refractivity contribution in [3.05, 3.63) is 11.1 Å². The first-order valence-corrected chi connectivity index (χ1v) is 7.08. The fourth-order valence-electron chi connectivity index (χ4n) is 3.64. The highest BCUT2D eigenvalue weighted by Gasteiger charge is 2.41. The summed E-state index contributed by atoms with van der Waals surface area (Å²) >= 11 is 0. The van der Waals surface area contributed by atoms with Gasteiger partial charge in [0.1, 0.15) is 0 Å². The second-order valence-corrected chi connectivity index (χ2v) is 5.81. The van der Waals surface area contributed by atoms with Crippen LogP contribution in [0.15, 0.2) is 11.1 Å². The van der Waals surface area contributed by atoms with E-state index in [1.54, 1.807) is 0 Å². The van der Waals surface area contributed by atoms with Crippen molar-refractivity contribution in [1.29, 1.82) is 0 Å². The van der Waals surface area contributed by atoms with Crippen LogP contribution in [0.5, 0.6) is 0 Å². The second-order valence-electron chi connectivity index (χ2n) is 5.81. The maximum atomic E-state index is 12.5. The fraction of sp³-hybridized carbons (Fsp3) is 0.800. The molecule has 98 valence electrons. The summed E-state index contributed by atoms with van der Waals surface area (Å²) in [6.07, 6.45) is 4.47. The summed E-state index contributed by atoms with van der Waals surface area (Å²) in [6.45, 7) is 9.91. The number of piperidine rings is 1. The lowest BCUT2D eigenvalue weighted by molar-refractivity contribution is -0.135. The SMILES string of the molecule is CCCC1=C(C)C(C)C2C(C)CCCN2C1=O.[HH]. The largest absolute Gasteiger partial charge is 0.335 e. The van der Waals surface area contributed by atoms with Crippen LogP contribution >= 0.6 is 0 Å². The Hall–Kier alpha value is -0.790. The molecule has 0 aromatic heterocycles. The van der Waals surface area contributed by atoms with E-state index in [2.05, 4.69) is 32.6 Å². The summed E-state index contributed by atoms with van der Waals surface area (Å²) in [5.41, 5.74) is 2.46. The Kier molecular flexibility index (Phi) is 3.60. The maximum Gasteiger partial charge on any atom is 0.250 e. The molecule has 0 aliphatic carbocycles. The van der Waals surface area contributed by atoms with E-state index in [4.69, 9.17) is 0 Å². The smallest absolute Gasteiger partial charge is 0.250 e. The number of hydrogen-bond acceptors (Lipinski definition) is 1. The van der Waals surface area contributed by atoms with Crippen molar-refractivity contribution in [2.75, 3.05) is 6.54 Å². The first kappa shape index (κ1) is 12.7. The first-order valence-electron chi connectivity index (χ1n) is 7.08. The molecule has 2 aliphatic rings. The maximum absolute atomic E-state index is 12.5. The molecule has 0 bridgehead atoms. The molecule has 0 saturated carbocycles. The predicted molar refractivity (Wildman–Crippen MR) is 72.8 cm³/mol. The summed E-state index contributed by atoms with van der Waals surface area (Å²) < 4.78 is 0. The van der Waals surface area contributed by atoms with Gasteiger partial charge in [-0.15, -0.1) is 0 Å². The topological polar surface area (TPSA) is 20.3 Å². The molecule has 17 heavy (non-hydrogen) atoms. The zero-order chi connectivity index (χ0) is 12.6. The predicted octanol–water partition coefficient (Wildman–Crippen LogP) is 3.63. The minimum atomic E-state index is 0. The molecule has 3 atom stereocenters. The molecule has 0 aromatic rings. The standard InChI is InChI=1S/C15H25NO.H2/c1-5-7-13-11(3)12(4)14-10(2)8-6-9-16(14)15(13)17;/h10,12,14H,5-9H2,1-4H3;1H. The first-order chi connectivity index (χ1) is 8.07. The van der Waals surface area contributed by atoms with E-state index in [1.165, 1.54) is 18.4 Å². The molecular formula is C15H27NO. The van der Waals surface area contributed by atoms with Crippen molar-refractivity contribution in [2.45, 2.75) is 59.4 Å². The molecule has 2 aliphatic heterocycles. The van der Waals surface area contributed by atoms with Gasteiger partial charge in [0.2, 0.25) is 5.91 Å². The van der Waals surface area contributed by atoms with E-state index in [1.807, 2.05) is 0 Å².